The Balaban J connectivity index is 1.12. The van der Waals surface area contributed by atoms with Crippen LogP contribution in [0.1, 0.15) is 69.7 Å². The molecule has 0 spiro atoms. The molecule has 1 aliphatic heterocycles. The first-order valence-electron chi connectivity index (χ1n) is 15.3. The van der Waals surface area contributed by atoms with Crippen molar-refractivity contribution < 1.29 is 26.5 Å². The van der Waals surface area contributed by atoms with E-state index >= 15 is 0 Å². The van der Waals surface area contributed by atoms with Crippen LogP contribution in [0, 0.1) is 11.7 Å². The van der Waals surface area contributed by atoms with Gasteiger partial charge in [-0.3, -0.25) is 13.8 Å². The van der Waals surface area contributed by atoms with E-state index in [-0.39, 0.29) is 30.4 Å². The fourth-order valence-electron chi connectivity index (χ4n) is 5.84. The van der Waals surface area contributed by atoms with E-state index in [0.29, 0.717) is 49.0 Å². The molecule has 1 amide bonds. The van der Waals surface area contributed by atoms with Crippen LogP contribution in [0.4, 0.5) is 14.9 Å². The lowest BCUT2D eigenvalue weighted by molar-refractivity contribution is 0.0240. The summed E-state index contributed by atoms with van der Waals surface area (Å²) < 4.78 is 52.4. The van der Waals surface area contributed by atoms with Crippen molar-refractivity contribution >= 4 is 21.9 Å². The summed E-state index contributed by atoms with van der Waals surface area (Å²) in [6, 6.07) is 10.7. The van der Waals surface area contributed by atoms with E-state index in [9.17, 15) is 17.6 Å². The molecule has 12 heteroatoms. The molecular weight excluding hydrogens is 585 g/mol. The van der Waals surface area contributed by atoms with Crippen LogP contribution in [-0.2, 0) is 24.8 Å². The molecule has 0 N–H and O–H groups in total. The molecular formula is C32H40FN5O5S. The third-order valence-corrected chi connectivity index (χ3v) is 9.52. The quantitative estimate of drug-likeness (QED) is 0.287. The number of benzene rings is 1. The van der Waals surface area contributed by atoms with E-state index in [1.165, 1.54) is 12.3 Å². The van der Waals surface area contributed by atoms with Crippen LogP contribution in [0.5, 0.6) is 0 Å². The molecule has 1 aromatic carbocycles. The van der Waals surface area contributed by atoms with E-state index in [4.69, 9.17) is 14.0 Å². The molecule has 2 saturated carbocycles. The second-order valence-corrected chi connectivity index (χ2v) is 14.8. The zero-order valence-corrected chi connectivity index (χ0v) is 26.3. The highest BCUT2D eigenvalue weighted by Gasteiger charge is 2.37. The van der Waals surface area contributed by atoms with Crippen molar-refractivity contribution in [3.8, 4) is 11.3 Å². The minimum absolute atomic E-state index is 0.128. The van der Waals surface area contributed by atoms with Crippen molar-refractivity contribution in [2.45, 2.75) is 69.8 Å². The lowest BCUT2D eigenvalue weighted by Crippen LogP contribution is -2.50. The first-order chi connectivity index (χ1) is 20.9. The SMILES string of the molecule is CC(C)(C)OC(=O)N1CCN(c2cc(F)cnc2-c2cn(C3CC(COS(=O)(=O)Cc4ccccc4)C3)nc2C2CC2)CC1. The zero-order chi connectivity index (χ0) is 31.1. The Bertz CT molecular complexity index is 1590. The van der Waals surface area contributed by atoms with Crippen molar-refractivity contribution in [2.75, 3.05) is 37.7 Å². The number of rotatable bonds is 9. The molecule has 44 heavy (non-hydrogen) atoms. The smallest absolute Gasteiger partial charge is 0.410 e. The van der Waals surface area contributed by atoms with Crippen LogP contribution in [0.2, 0.25) is 0 Å². The van der Waals surface area contributed by atoms with Gasteiger partial charge in [0.15, 0.2) is 0 Å². The average Bonchev–Trinajstić information content (AvgIpc) is 3.70. The molecule has 3 fully saturated rings. The first kappa shape index (κ1) is 30.5. The van der Waals surface area contributed by atoms with Crippen molar-refractivity contribution in [2.24, 2.45) is 5.92 Å². The number of amides is 1. The largest absolute Gasteiger partial charge is 0.444 e. The van der Waals surface area contributed by atoms with Crippen LogP contribution in [-0.4, -0.2) is 72.6 Å². The second-order valence-electron chi connectivity index (χ2n) is 13.1. The molecule has 6 rings (SSSR count). The molecule has 10 nitrogen and oxygen atoms in total. The van der Waals surface area contributed by atoms with E-state index in [1.807, 2.05) is 49.8 Å². The summed E-state index contributed by atoms with van der Waals surface area (Å²) in [4.78, 5) is 20.9. The van der Waals surface area contributed by atoms with Gasteiger partial charge in [0.25, 0.3) is 10.1 Å². The minimum Gasteiger partial charge on any atom is -0.444 e. The highest BCUT2D eigenvalue weighted by Crippen LogP contribution is 2.47. The maximum Gasteiger partial charge on any atom is 0.410 e. The zero-order valence-electron chi connectivity index (χ0n) is 25.5. The number of piperazine rings is 1. The molecule has 0 atom stereocenters. The number of aromatic nitrogens is 3. The van der Waals surface area contributed by atoms with Gasteiger partial charge < -0.3 is 14.5 Å². The molecule has 0 radical (unpaired) electrons. The molecule has 236 valence electrons. The standard InChI is InChI=1S/C32H40FN5O5S/c1-32(2,3)43-31(39)37-13-11-36(12-14-37)28-17-25(33)18-34-30(28)27-19-38(35-29(27)24-9-10-24)26-15-23(16-26)20-42-44(40,41)21-22-7-5-4-6-8-22/h4-8,17-19,23-24,26H,9-16,20-21H2,1-3H3. The molecule has 3 heterocycles. The number of hydrogen-bond acceptors (Lipinski definition) is 8. The number of halogens is 1. The Hall–Kier alpha value is -3.51. The van der Waals surface area contributed by atoms with E-state index in [2.05, 4.69) is 9.88 Å². The van der Waals surface area contributed by atoms with Crippen molar-refractivity contribution in [1.29, 1.82) is 0 Å². The number of hydrogen-bond donors (Lipinski definition) is 0. The summed E-state index contributed by atoms with van der Waals surface area (Å²) in [6.45, 7) is 7.69. The lowest BCUT2D eigenvalue weighted by Gasteiger charge is -2.37. The van der Waals surface area contributed by atoms with Crippen LogP contribution in [0.15, 0.2) is 48.8 Å². The molecule has 1 saturated heterocycles. The van der Waals surface area contributed by atoms with E-state index < -0.39 is 21.5 Å². The minimum atomic E-state index is -3.66. The lowest BCUT2D eigenvalue weighted by atomic mass is 9.81. The topological polar surface area (TPSA) is 107 Å². The normalized spacial score (nSPS) is 20.8. The van der Waals surface area contributed by atoms with Crippen molar-refractivity contribution in [3.05, 3.63) is 65.9 Å². The first-order valence-corrected chi connectivity index (χ1v) is 16.9. The summed E-state index contributed by atoms with van der Waals surface area (Å²) in [5.74, 6) is -0.0799. The Morgan fingerprint density at radius 1 is 1.07 bits per heavy atom. The van der Waals surface area contributed by atoms with Gasteiger partial charge in [0.1, 0.15) is 17.2 Å². The summed E-state index contributed by atoms with van der Waals surface area (Å²) in [5.41, 5.74) is 3.40. The highest BCUT2D eigenvalue weighted by atomic mass is 32.2. The Morgan fingerprint density at radius 2 is 1.77 bits per heavy atom. The fraction of sp³-hybridized carbons (Fsp3) is 0.531. The third-order valence-electron chi connectivity index (χ3n) is 8.34. The van der Waals surface area contributed by atoms with Gasteiger partial charge in [0.2, 0.25) is 0 Å². The Morgan fingerprint density at radius 3 is 2.43 bits per heavy atom. The van der Waals surface area contributed by atoms with Gasteiger partial charge in [-0.05, 0) is 57.9 Å². The number of carbonyl (C=O) groups is 1. The van der Waals surface area contributed by atoms with Crippen molar-refractivity contribution in [1.82, 2.24) is 19.7 Å². The third kappa shape index (κ3) is 7.23. The number of anilines is 1. The predicted molar refractivity (Wildman–Crippen MR) is 164 cm³/mol. The molecule has 2 aliphatic carbocycles. The maximum atomic E-state index is 14.5. The Labute approximate surface area is 258 Å². The van der Waals surface area contributed by atoms with E-state index in [0.717, 1.165) is 36.9 Å². The van der Waals surface area contributed by atoms with Gasteiger partial charge in [-0.25, -0.2) is 9.18 Å². The van der Waals surface area contributed by atoms with Crippen LogP contribution in [0.25, 0.3) is 11.3 Å². The van der Waals surface area contributed by atoms with Crippen LogP contribution in [0.3, 0.4) is 0 Å². The highest BCUT2D eigenvalue weighted by molar-refractivity contribution is 7.85. The van der Waals surface area contributed by atoms with Gasteiger partial charge in [-0.1, -0.05) is 30.3 Å². The summed E-state index contributed by atoms with van der Waals surface area (Å²) in [5, 5.41) is 4.98. The maximum absolute atomic E-state index is 14.5. The Kier molecular flexibility index (Phi) is 8.40. The van der Waals surface area contributed by atoms with Crippen molar-refractivity contribution in [3.63, 3.8) is 0 Å². The summed E-state index contributed by atoms with van der Waals surface area (Å²) in [7, 11) is -3.66. The molecule has 0 unspecified atom stereocenters. The van der Waals surface area contributed by atoms with E-state index in [1.54, 1.807) is 17.0 Å². The number of nitrogens with zero attached hydrogens (tertiary/aromatic N) is 5. The molecule has 2 aromatic heterocycles. The fourth-order valence-corrected chi connectivity index (χ4v) is 6.92. The van der Waals surface area contributed by atoms with Gasteiger partial charge in [-0.2, -0.15) is 13.5 Å². The van der Waals surface area contributed by atoms with Crippen LogP contribution < -0.4 is 4.90 Å². The molecule has 3 aromatic rings. The average molecular weight is 626 g/mol. The monoisotopic (exact) mass is 625 g/mol. The number of ether oxygens (including phenoxy) is 1. The van der Waals surface area contributed by atoms with Gasteiger partial charge >= 0.3 is 6.09 Å². The predicted octanol–water partition coefficient (Wildman–Crippen LogP) is 5.52. The van der Waals surface area contributed by atoms with Crippen LogP contribution >= 0.6 is 0 Å². The van der Waals surface area contributed by atoms with Gasteiger partial charge in [0.05, 0.1) is 35.9 Å². The molecule has 3 aliphatic rings. The summed E-state index contributed by atoms with van der Waals surface area (Å²) in [6.07, 6.45) is 6.55. The second kappa shape index (κ2) is 12.1. The number of pyridine rings is 1. The number of carbonyl (C=O) groups excluding carboxylic acids is 1. The van der Waals surface area contributed by atoms with Gasteiger partial charge in [0, 0.05) is 49.9 Å². The molecule has 0 bridgehead atoms. The van der Waals surface area contributed by atoms with Gasteiger partial charge in [-0.15, -0.1) is 0 Å². The summed E-state index contributed by atoms with van der Waals surface area (Å²) >= 11 is 0.